The molecule has 0 saturated heterocycles. The Bertz CT molecular complexity index is 209. The molecule has 1 saturated carbocycles. The van der Waals surface area contributed by atoms with E-state index in [9.17, 15) is 9.90 Å². The lowest BCUT2D eigenvalue weighted by Gasteiger charge is -2.28. The zero-order valence-electron chi connectivity index (χ0n) is 9.30. The first-order chi connectivity index (χ1) is 6.36. The second kappa shape index (κ2) is 3.89. The van der Waals surface area contributed by atoms with Crippen LogP contribution in [0, 0.1) is 5.41 Å². The minimum atomic E-state index is -0.695. The van der Waals surface area contributed by atoms with E-state index < -0.39 is 11.4 Å². The fraction of sp³-hybridized carbons (Fsp3) is 0.909. The van der Waals surface area contributed by atoms with Crippen molar-refractivity contribution < 1.29 is 14.6 Å². The molecule has 0 aromatic heterocycles. The normalized spacial score (nSPS) is 21.1. The smallest absolute Gasteiger partial charge is 0.311 e. The van der Waals surface area contributed by atoms with Crippen LogP contribution in [0.25, 0.3) is 0 Å². The van der Waals surface area contributed by atoms with Gasteiger partial charge in [-0.05, 0) is 33.6 Å². The minimum Gasteiger partial charge on any atom is -0.481 e. The summed E-state index contributed by atoms with van der Waals surface area (Å²) in [5.74, 6) is -0.695. The van der Waals surface area contributed by atoms with E-state index in [1.807, 2.05) is 20.8 Å². The number of carbonyl (C=O) groups is 1. The van der Waals surface area contributed by atoms with Crippen LogP contribution in [0.2, 0.25) is 0 Å². The largest absolute Gasteiger partial charge is 0.481 e. The highest BCUT2D eigenvalue weighted by molar-refractivity contribution is 5.75. The van der Waals surface area contributed by atoms with E-state index in [4.69, 9.17) is 4.74 Å². The molecule has 1 aliphatic carbocycles. The Morgan fingerprint density at radius 1 is 1.36 bits per heavy atom. The zero-order chi connectivity index (χ0) is 10.8. The summed E-state index contributed by atoms with van der Waals surface area (Å²) in [6, 6.07) is 0. The first kappa shape index (κ1) is 11.5. The molecule has 1 rings (SSSR count). The van der Waals surface area contributed by atoms with Gasteiger partial charge in [0.1, 0.15) is 0 Å². The monoisotopic (exact) mass is 200 g/mol. The number of carboxylic acids is 1. The van der Waals surface area contributed by atoms with Crippen molar-refractivity contribution in [2.24, 2.45) is 5.41 Å². The van der Waals surface area contributed by atoms with E-state index in [0.29, 0.717) is 6.61 Å². The second-order valence-electron chi connectivity index (χ2n) is 5.19. The molecule has 1 aliphatic rings. The minimum absolute atomic E-state index is 0.245. The average molecular weight is 200 g/mol. The molecule has 0 aromatic rings. The van der Waals surface area contributed by atoms with Gasteiger partial charge in [0.05, 0.1) is 17.6 Å². The Kier molecular flexibility index (Phi) is 3.20. The molecule has 0 radical (unpaired) electrons. The van der Waals surface area contributed by atoms with E-state index in [0.717, 1.165) is 25.7 Å². The Morgan fingerprint density at radius 3 is 2.21 bits per heavy atom. The first-order valence-electron chi connectivity index (χ1n) is 5.23. The lowest BCUT2D eigenvalue weighted by molar-refractivity contribution is -0.156. The predicted molar refractivity (Wildman–Crippen MR) is 54.2 cm³/mol. The van der Waals surface area contributed by atoms with Crippen molar-refractivity contribution in [3.8, 4) is 0 Å². The average Bonchev–Trinajstić information content (AvgIpc) is 2.48. The van der Waals surface area contributed by atoms with E-state index in [1.54, 1.807) is 0 Å². The fourth-order valence-electron chi connectivity index (χ4n) is 1.83. The van der Waals surface area contributed by atoms with Gasteiger partial charge in [0.25, 0.3) is 0 Å². The third-order valence-corrected chi connectivity index (χ3v) is 2.80. The molecule has 0 aliphatic heterocycles. The van der Waals surface area contributed by atoms with Gasteiger partial charge in [-0.2, -0.15) is 0 Å². The van der Waals surface area contributed by atoms with Crippen LogP contribution < -0.4 is 0 Å². The molecule has 0 amide bonds. The van der Waals surface area contributed by atoms with Crippen molar-refractivity contribution in [2.45, 2.75) is 52.1 Å². The van der Waals surface area contributed by atoms with E-state index in [2.05, 4.69) is 0 Å². The molecule has 82 valence electrons. The lowest BCUT2D eigenvalue weighted by Crippen LogP contribution is -2.36. The van der Waals surface area contributed by atoms with Crippen molar-refractivity contribution in [2.75, 3.05) is 6.61 Å². The molecule has 0 spiro atoms. The van der Waals surface area contributed by atoms with Crippen molar-refractivity contribution in [3.05, 3.63) is 0 Å². The van der Waals surface area contributed by atoms with Gasteiger partial charge in [-0.1, -0.05) is 12.8 Å². The van der Waals surface area contributed by atoms with Gasteiger partial charge in [0.15, 0.2) is 0 Å². The number of ether oxygens (including phenoxy) is 1. The van der Waals surface area contributed by atoms with Gasteiger partial charge in [0, 0.05) is 0 Å². The summed E-state index contributed by atoms with van der Waals surface area (Å²) in [6.45, 7) is 6.22. The Labute approximate surface area is 85.5 Å². The number of hydrogen-bond donors (Lipinski definition) is 1. The standard InChI is InChI=1S/C11H20O3/c1-10(2,3)14-8-11(9(12)13)6-4-5-7-11/h4-8H2,1-3H3,(H,12,13). The summed E-state index contributed by atoms with van der Waals surface area (Å²) >= 11 is 0. The summed E-state index contributed by atoms with van der Waals surface area (Å²) in [6.07, 6.45) is 3.55. The highest BCUT2D eigenvalue weighted by atomic mass is 16.5. The van der Waals surface area contributed by atoms with Crippen LogP contribution in [-0.4, -0.2) is 23.3 Å². The Balaban J connectivity index is 2.57. The fourth-order valence-corrected chi connectivity index (χ4v) is 1.83. The first-order valence-corrected chi connectivity index (χ1v) is 5.23. The second-order valence-corrected chi connectivity index (χ2v) is 5.19. The maximum atomic E-state index is 11.2. The molecular weight excluding hydrogens is 180 g/mol. The molecular formula is C11H20O3. The molecule has 3 heteroatoms. The van der Waals surface area contributed by atoms with Crippen molar-refractivity contribution in [3.63, 3.8) is 0 Å². The summed E-state index contributed by atoms with van der Waals surface area (Å²) in [4.78, 5) is 11.2. The maximum absolute atomic E-state index is 11.2. The molecule has 0 bridgehead atoms. The summed E-state index contributed by atoms with van der Waals surface area (Å²) in [7, 11) is 0. The van der Waals surface area contributed by atoms with Crippen molar-refractivity contribution in [1.82, 2.24) is 0 Å². The number of aliphatic carboxylic acids is 1. The number of rotatable bonds is 3. The number of carboxylic acid groups (broad SMARTS) is 1. The van der Waals surface area contributed by atoms with Crippen LogP contribution in [-0.2, 0) is 9.53 Å². The maximum Gasteiger partial charge on any atom is 0.311 e. The zero-order valence-corrected chi connectivity index (χ0v) is 9.30. The molecule has 0 unspecified atom stereocenters. The van der Waals surface area contributed by atoms with Crippen LogP contribution in [0.1, 0.15) is 46.5 Å². The molecule has 1 fully saturated rings. The summed E-state index contributed by atoms with van der Waals surface area (Å²) in [5, 5.41) is 9.18. The molecule has 14 heavy (non-hydrogen) atoms. The van der Waals surface area contributed by atoms with Gasteiger partial charge >= 0.3 is 5.97 Å². The van der Waals surface area contributed by atoms with E-state index in [1.165, 1.54) is 0 Å². The Morgan fingerprint density at radius 2 is 1.86 bits per heavy atom. The molecule has 3 nitrogen and oxygen atoms in total. The molecule has 0 atom stereocenters. The van der Waals surface area contributed by atoms with Gasteiger partial charge < -0.3 is 9.84 Å². The van der Waals surface area contributed by atoms with Gasteiger partial charge in [-0.3, -0.25) is 4.79 Å². The molecule has 0 heterocycles. The predicted octanol–water partition coefficient (Wildman–Crippen LogP) is 2.45. The van der Waals surface area contributed by atoms with Crippen molar-refractivity contribution in [1.29, 1.82) is 0 Å². The van der Waals surface area contributed by atoms with Crippen molar-refractivity contribution >= 4 is 5.97 Å². The molecule has 0 aromatic carbocycles. The number of hydrogen-bond acceptors (Lipinski definition) is 2. The molecule has 1 N–H and O–H groups in total. The van der Waals surface area contributed by atoms with Crippen LogP contribution in [0.5, 0.6) is 0 Å². The van der Waals surface area contributed by atoms with Gasteiger partial charge in [-0.15, -0.1) is 0 Å². The summed E-state index contributed by atoms with van der Waals surface area (Å²) < 4.78 is 5.60. The topological polar surface area (TPSA) is 46.5 Å². The Hall–Kier alpha value is -0.570. The van der Waals surface area contributed by atoms with Gasteiger partial charge in [0.2, 0.25) is 0 Å². The van der Waals surface area contributed by atoms with Crippen LogP contribution in [0.15, 0.2) is 0 Å². The summed E-state index contributed by atoms with van der Waals surface area (Å²) in [5.41, 5.74) is -0.849. The van der Waals surface area contributed by atoms with Crippen LogP contribution in [0.3, 0.4) is 0 Å². The third kappa shape index (κ3) is 2.71. The van der Waals surface area contributed by atoms with Gasteiger partial charge in [-0.25, -0.2) is 0 Å². The van der Waals surface area contributed by atoms with E-state index in [-0.39, 0.29) is 5.60 Å². The quantitative estimate of drug-likeness (QED) is 0.761. The highest BCUT2D eigenvalue weighted by Crippen LogP contribution is 2.39. The SMILES string of the molecule is CC(C)(C)OCC1(C(=O)O)CCCC1. The van der Waals surface area contributed by atoms with Crippen LogP contribution in [0.4, 0.5) is 0 Å². The van der Waals surface area contributed by atoms with Crippen LogP contribution >= 0.6 is 0 Å². The lowest BCUT2D eigenvalue weighted by atomic mass is 9.87. The third-order valence-electron chi connectivity index (χ3n) is 2.80. The van der Waals surface area contributed by atoms with E-state index >= 15 is 0 Å². The highest BCUT2D eigenvalue weighted by Gasteiger charge is 2.42.